The number of unbranched alkanes of at least 4 members (excludes halogenated alkanes) is 30. The fourth-order valence-electron chi connectivity index (χ4n) is 10.2. The van der Waals surface area contributed by atoms with E-state index in [2.05, 4.69) is 55.4 Å². The molecule has 3 N–H and O–H groups in total. The van der Waals surface area contributed by atoms with E-state index in [0.717, 1.165) is 120 Å². The van der Waals surface area contributed by atoms with Gasteiger partial charge in [-0.3, -0.25) is 37.3 Å². The van der Waals surface area contributed by atoms with E-state index in [-0.39, 0.29) is 25.7 Å². The second-order valence-corrected chi connectivity index (χ2v) is 29.3. The van der Waals surface area contributed by atoms with E-state index in [0.29, 0.717) is 25.7 Å². The fraction of sp³-hybridized carbons (Fsp3) is 0.942. The minimum Gasteiger partial charge on any atom is -0.462 e. The van der Waals surface area contributed by atoms with E-state index in [1.54, 1.807) is 0 Å². The predicted octanol–water partition coefficient (Wildman–Crippen LogP) is 19.3. The molecule has 19 heteroatoms. The van der Waals surface area contributed by atoms with Crippen LogP contribution in [0.2, 0.25) is 0 Å². The van der Waals surface area contributed by atoms with Crippen molar-refractivity contribution in [1.29, 1.82) is 0 Å². The smallest absolute Gasteiger partial charge is 0.462 e. The van der Waals surface area contributed by atoms with Gasteiger partial charge in [-0.25, -0.2) is 9.13 Å². The molecule has 0 fully saturated rings. The summed E-state index contributed by atoms with van der Waals surface area (Å²) in [6.45, 7) is 14.1. The molecule has 0 aliphatic heterocycles. The van der Waals surface area contributed by atoms with Gasteiger partial charge in [0.25, 0.3) is 0 Å². The summed E-state index contributed by atoms with van der Waals surface area (Å²) in [5.41, 5.74) is 0. The molecule has 0 aromatic carbocycles. The van der Waals surface area contributed by atoms with E-state index in [1.807, 2.05) is 0 Å². The van der Waals surface area contributed by atoms with Crippen LogP contribution in [0.25, 0.3) is 0 Å². The number of aliphatic hydroxyl groups is 1. The largest absolute Gasteiger partial charge is 0.472 e. The summed E-state index contributed by atoms with van der Waals surface area (Å²) in [5.74, 6) is 0.878. The number of esters is 4. The Morgan fingerprint density at radius 1 is 0.318 bits per heavy atom. The van der Waals surface area contributed by atoms with Gasteiger partial charge in [0.05, 0.1) is 26.4 Å². The lowest BCUT2D eigenvalue weighted by Crippen LogP contribution is -2.30. The first-order valence-corrected chi connectivity index (χ1v) is 38.8. The molecule has 0 rings (SSSR count). The highest BCUT2D eigenvalue weighted by Crippen LogP contribution is 2.45. The van der Waals surface area contributed by atoms with Crippen molar-refractivity contribution in [3.63, 3.8) is 0 Å². The van der Waals surface area contributed by atoms with Gasteiger partial charge in [0.1, 0.15) is 19.3 Å². The number of ether oxygens (including phenoxy) is 4. The monoisotopic (exact) mass is 1300 g/mol. The van der Waals surface area contributed by atoms with Crippen molar-refractivity contribution < 1.29 is 80.2 Å². The van der Waals surface area contributed by atoms with Crippen LogP contribution in [-0.4, -0.2) is 96.7 Å². The lowest BCUT2D eigenvalue weighted by Gasteiger charge is -2.21. The Labute approximate surface area is 537 Å². The van der Waals surface area contributed by atoms with Crippen molar-refractivity contribution in [2.45, 2.75) is 356 Å². The SMILES string of the molecule is CCC(C)CCCCCCCCCCCCC(=O)OC[C@H](COP(=O)(O)OC[C@@H](O)COP(=O)(O)OC[C@@H](COC(=O)CCCCCCCCC(C)CC)OC(=O)CCCCCCCCCCCCC(C)C)OC(=O)CCCCCCCCCCC(C)C. The first-order chi connectivity index (χ1) is 42.2. The summed E-state index contributed by atoms with van der Waals surface area (Å²) >= 11 is 0. The third-order valence-corrected chi connectivity index (χ3v) is 18.4. The topological polar surface area (TPSA) is 237 Å². The molecule has 4 unspecified atom stereocenters. The molecule has 0 saturated heterocycles. The minimum atomic E-state index is -4.95. The number of hydrogen-bond donors (Lipinski definition) is 3. The molecular weight excluding hydrogens is 1160 g/mol. The predicted molar refractivity (Wildman–Crippen MR) is 354 cm³/mol. The molecule has 0 aliphatic rings. The molecule has 522 valence electrons. The van der Waals surface area contributed by atoms with E-state index in [4.69, 9.17) is 37.0 Å². The van der Waals surface area contributed by atoms with Crippen LogP contribution < -0.4 is 0 Å². The van der Waals surface area contributed by atoms with Crippen molar-refractivity contribution in [3.8, 4) is 0 Å². The number of aliphatic hydroxyl groups excluding tert-OH is 1. The van der Waals surface area contributed by atoms with Gasteiger partial charge < -0.3 is 33.8 Å². The zero-order valence-electron chi connectivity index (χ0n) is 57.3. The van der Waals surface area contributed by atoms with Gasteiger partial charge in [0.15, 0.2) is 12.2 Å². The Bertz CT molecular complexity index is 1750. The van der Waals surface area contributed by atoms with Crippen LogP contribution in [-0.2, 0) is 65.4 Å². The van der Waals surface area contributed by atoms with Gasteiger partial charge in [-0.1, -0.05) is 287 Å². The highest BCUT2D eigenvalue weighted by molar-refractivity contribution is 7.47. The summed E-state index contributed by atoms with van der Waals surface area (Å²) in [7, 11) is -9.90. The summed E-state index contributed by atoms with van der Waals surface area (Å²) in [6, 6.07) is 0. The van der Waals surface area contributed by atoms with Gasteiger partial charge in [0, 0.05) is 25.7 Å². The Kier molecular flexibility index (Phi) is 57.6. The number of rotatable bonds is 66. The molecule has 0 aromatic heterocycles. The second-order valence-electron chi connectivity index (χ2n) is 26.4. The molecule has 0 bridgehead atoms. The van der Waals surface area contributed by atoms with Gasteiger partial charge >= 0.3 is 39.5 Å². The molecular formula is C69H134O17P2. The van der Waals surface area contributed by atoms with Crippen molar-refractivity contribution >= 4 is 39.5 Å². The maximum absolute atomic E-state index is 13.0. The Balaban J connectivity index is 5.26. The first-order valence-electron chi connectivity index (χ1n) is 35.8. The lowest BCUT2D eigenvalue weighted by atomic mass is 9.99. The average Bonchev–Trinajstić information content (AvgIpc) is 3.52. The molecule has 0 spiro atoms. The van der Waals surface area contributed by atoms with E-state index >= 15 is 0 Å². The molecule has 0 radical (unpaired) electrons. The first kappa shape index (κ1) is 86.1. The quantitative estimate of drug-likeness (QED) is 0.0222. The van der Waals surface area contributed by atoms with Crippen molar-refractivity contribution in [3.05, 3.63) is 0 Å². The van der Waals surface area contributed by atoms with Gasteiger partial charge in [-0.05, 0) is 49.4 Å². The molecule has 0 saturated carbocycles. The highest BCUT2D eigenvalue weighted by Gasteiger charge is 2.30. The van der Waals surface area contributed by atoms with Crippen LogP contribution in [0.4, 0.5) is 0 Å². The molecule has 0 heterocycles. The third kappa shape index (κ3) is 60.3. The Morgan fingerprint density at radius 2 is 0.545 bits per heavy atom. The number of hydrogen-bond acceptors (Lipinski definition) is 15. The van der Waals surface area contributed by atoms with Crippen molar-refractivity contribution in [1.82, 2.24) is 0 Å². The second kappa shape index (κ2) is 58.8. The maximum Gasteiger partial charge on any atom is 0.472 e. The average molecular weight is 1300 g/mol. The van der Waals surface area contributed by atoms with Crippen LogP contribution in [0.5, 0.6) is 0 Å². The highest BCUT2D eigenvalue weighted by atomic mass is 31.2. The summed E-state index contributed by atoms with van der Waals surface area (Å²) < 4.78 is 68.2. The summed E-state index contributed by atoms with van der Waals surface area (Å²) in [5, 5.41) is 10.6. The maximum atomic E-state index is 13.0. The number of carbonyl (C=O) groups is 4. The molecule has 0 aliphatic carbocycles. The van der Waals surface area contributed by atoms with Crippen LogP contribution in [0, 0.1) is 23.7 Å². The molecule has 88 heavy (non-hydrogen) atoms. The van der Waals surface area contributed by atoms with E-state index in [9.17, 15) is 43.2 Å². The van der Waals surface area contributed by atoms with Crippen LogP contribution >= 0.6 is 15.6 Å². The van der Waals surface area contributed by atoms with Gasteiger partial charge in [-0.15, -0.1) is 0 Å². The lowest BCUT2D eigenvalue weighted by molar-refractivity contribution is -0.161. The van der Waals surface area contributed by atoms with Crippen LogP contribution in [0.1, 0.15) is 338 Å². The van der Waals surface area contributed by atoms with E-state index in [1.165, 1.54) is 135 Å². The summed E-state index contributed by atoms with van der Waals surface area (Å²) in [6.07, 6.45) is 40.3. The normalized spacial score (nSPS) is 14.9. The van der Waals surface area contributed by atoms with Crippen molar-refractivity contribution in [2.24, 2.45) is 23.7 Å². The molecule has 7 atom stereocenters. The van der Waals surface area contributed by atoms with Crippen LogP contribution in [0.15, 0.2) is 0 Å². The molecule has 0 aromatic rings. The van der Waals surface area contributed by atoms with Crippen molar-refractivity contribution in [2.75, 3.05) is 39.6 Å². The summed E-state index contributed by atoms with van der Waals surface area (Å²) in [4.78, 5) is 72.5. The standard InChI is InChI=1S/C69H134O17P2/c1-9-61(7)47-39-31-23-16-12-14-17-24-33-41-49-66(71)79-55-64(86-69(74)52-44-36-26-20-19-22-30-38-46-60(5)6)57-83-87(75,76)81-53-63(70)54-82-88(77,78)84-58-65(56-80-67(72)50-42-34-28-27-32-40-48-62(8)10-2)85-68(73)51-43-35-25-18-13-11-15-21-29-37-45-59(3)4/h59-65,70H,9-58H2,1-8H3,(H,75,76)(H,77,78)/t61?,62?,63-,64-,65-/m1/s1. The van der Waals surface area contributed by atoms with Gasteiger partial charge in [0.2, 0.25) is 0 Å². The Morgan fingerprint density at radius 3 is 0.807 bits per heavy atom. The van der Waals surface area contributed by atoms with E-state index < -0.39 is 97.5 Å². The fourth-order valence-corrected chi connectivity index (χ4v) is 11.8. The van der Waals surface area contributed by atoms with Crippen LogP contribution in [0.3, 0.4) is 0 Å². The molecule has 0 amide bonds. The number of carbonyl (C=O) groups excluding carboxylic acids is 4. The zero-order chi connectivity index (χ0) is 65.4. The zero-order valence-corrected chi connectivity index (χ0v) is 59.1. The molecule has 17 nitrogen and oxygen atoms in total. The van der Waals surface area contributed by atoms with Gasteiger partial charge in [-0.2, -0.15) is 0 Å². The minimum absolute atomic E-state index is 0.104. The third-order valence-electron chi connectivity index (χ3n) is 16.5. The number of phosphoric ester groups is 2. The number of phosphoric acid groups is 2. The Hall–Kier alpha value is -1.94.